The molecule has 0 heterocycles. The second-order valence-corrected chi connectivity index (χ2v) is 3.42. The van der Waals surface area contributed by atoms with Crippen LogP contribution in [0.2, 0.25) is 0 Å². The predicted molar refractivity (Wildman–Crippen MR) is 53.4 cm³/mol. The highest BCUT2D eigenvalue weighted by atomic mass is 19.1. The van der Waals surface area contributed by atoms with Gasteiger partial charge in [0.25, 0.3) is 0 Å². The number of anilines is 1. The quantitative estimate of drug-likeness (QED) is 0.564. The molecule has 0 fully saturated rings. The van der Waals surface area contributed by atoms with Crippen LogP contribution >= 0.6 is 0 Å². The lowest BCUT2D eigenvalue weighted by Gasteiger charge is -2.17. The Labute approximate surface area is 90.9 Å². The maximum Gasteiger partial charge on any atom is 0.149 e. The van der Waals surface area contributed by atoms with E-state index in [1.54, 1.807) is 0 Å². The van der Waals surface area contributed by atoms with Crippen LogP contribution in [0.15, 0.2) is 12.1 Å². The molecule has 1 rings (SSSR count). The summed E-state index contributed by atoms with van der Waals surface area (Å²) in [7, 11) is 0. The summed E-state index contributed by atoms with van der Waals surface area (Å²) in [5, 5.41) is 27.4. The summed E-state index contributed by atoms with van der Waals surface area (Å²) in [6.45, 7) is -0.335. The Balaban J connectivity index is 2.96. The summed E-state index contributed by atoms with van der Waals surface area (Å²) in [6, 6.07) is 1.70. The van der Waals surface area contributed by atoms with Crippen molar-refractivity contribution in [2.45, 2.75) is 18.6 Å². The van der Waals surface area contributed by atoms with E-state index in [0.29, 0.717) is 0 Å². The number of aliphatic hydroxyl groups excluding tert-OH is 3. The van der Waals surface area contributed by atoms with Crippen molar-refractivity contribution < 1.29 is 24.1 Å². The van der Waals surface area contributed by atoms with Crippen LogP contribution < -0.4 is 5.73 Å². The Morgan fingerprint density at radius 2 is 1.69 bits per heavy atom. The number of hydrogen-bond donors (Lipinski definition) is 4. The van der Waals surface area contributed by atoms with Crippen molar-refractivity contribution in [3.8, 4) is 0 Å². The fourth-order valence-corrected chi connectivity index (χ4v) is 1.29. The molecule has 0 aliphatic carbocycles. The molecule has 0 radical (unpaired) electrons. The van der Waals surface area contributed by atoms with E-state index in [1.807, 2.05) is 0 Å². The zero-order chi connectivity index (χ0) is 12.3. The monoisotopic (exact) mass is 233 g/mol. The predicted octanol–water partition coefficient (Wildman–Crippen LogP) is 0.324. The van der Waals surface area contributed by atoms with E-state index in [9.17, 15) is 19.0 Å². The molecule has 5 N–H and O–H groups in total. The molecular formula is C10H13F2NO3. The van der Waals surface area contributed by atoms with Crippen molar-refractivity contribution in [1.82, 2.24) is 0 Å². The average Bonchev–Trinajstić information content (AvgIpc) is 2.24. The summed E-state index contributed by atoms with van der Waals surface area (Å²) >= 11 is 0. The van der Waals surface area contributed by atoms with Gasteiger partial charge in [-0.25, -0.2) is 8.78 Å². The minimum Gasteiger partial charge on any atom is -0.396 e. The molecule has 0 amide bonds. The molecule has 4 nitrogen and oxygen atoms in total. The van der Waals surface area contributed by atoms with Crippen molar-refractivity contribution in [3.05, 3.63) is 29.3 Å². The highest BCUT2D eigenvalue weighted by molar-refractivity contribution is 5.43. The van der Waals surface area contributed by atoms with Crippen LogP contribution in [0.4, 0.5) is 14.5 Å². The van der Waals surface area contributed by atoms with Gasteiger partial charge in [-0.05, 0) is 24.1 Å². The lowest BCUT2D eigenvalue weighted by atomic mass is 10.0. The summed E-state index contributed by atoms with van der Waals surface area (Å²) in [5.74, 6) is -1.99. The van der Waals surface area contributed by atoms with E-state index in [0.717, 1.165) is 12.1 Å². The van der Waals surface area contributed by atoms with Crippen molar-refractivity contribution in [2.75, 3.05) is 12.3 Å². The molecule has 6 heteroatoms. The summed E-state index contributed by atoms with van der Waals surface area (Å²) in [6.07, 6.45) is -2.83. The number of nitrogens with two attached hydrogens (primary N) is 1. The van der Waals surface area contributed by atoms with Crippen LogP contribution in [-0.2, 0) is 0 Å². The van der Waals surface area contributed by atoms with E-state index in [4.69, 9.17) is 10.8 Å². The summed E-state index contributed by atoms with van der Waals surface area (Å²) in [5.41, 5.74) is 4.30. The first kappa shape index (κ1) is 12.8. The smallest absolute Gasteiger partial charge is 0.149 e. The molecule has 2 unspecified atom stereocenters. The van der Waals surface area contributed by atoms with Gasteiger partial charge in [0.1, 0.15) is 23.4 Å². The fraction of sp³-hybridized carbons (Fsp3) is 0.400. The van der Waals surface area contributed by atoms with Gasteiger partial charge in [-0.3, -0.25) is 0 Å². The number of aliphatic hydroxyl groups is 3. The normalized spacial score (nSPS) is 14.8. The molecule has 16 heavy (non-hydrogen) atoms. The van der Waals surface area contributed by atoms with Crippen molar-refractivity contribution in [3.63, 3.8) is 0 Å². The summed E-state index contributed by atoms with van der Waals surface area (Å²) in [4.78, 5) is 0. The highest BCUT2D eigenvalue weighted by Crippen LogP contribution is 2.24. The molecule has 0 bridgehead atoms. The molecule has 1 aromatic rings. The van der Waals surface area contributed by atoms with Gasteiger partial charge in [0.15, 0.2) is 0 Å². The Hall–Kier alpha value is -1.24. The third kappa shape index (κ3) is 2.66. The first-order valence-corrected chi connectivity index (χ1v) is 4.68. The van der Waals surface area contributed by atoms with E-state index in [-0.39, 0.29) is 18.6 Å². The third-order valence-corrected chi connectivity index (χ3v) is 2.23. The number of nitrogen functional groups attached to an aromatic ring is 1. The first-order valence-electron chi connectivity index (χ1n) is 4.68. The maximum atomic E-state index is 13.0. The highest BCUT2D eigenvalue weighted by Gasteiger charge is 2.20. The van der Waals surface area contributed by atoms with Crippen LogP contribution in [0.5, 0.6) is 0 Å². The third-order valence-electron chi connectivity index (χ3n) is 2.23. The van der Waals surface area contributed by atoms with Crippen molar-refractivity contribution in [2.24, 2.45) is 0 Å². The van der Waals surface area contributed by atoms with Gasteiger partial charge in [-0.2, -0.15) is 0 Å². The van der Waals surface area contributed by atoms with Crippen molar-refractivity contribution >= 4 is 5.69 Å². The molecule has 0 aliphatic heterocycles. The fourth-order valence-electron chi connectivity index (χ4n) is 1.29. The molecule has 0 aromatic heterocycles. The van der Waals surface area contributed by atoms with Gasteiger partial charge in [0, 0.05) is 6.61 Å². The van der Waals surface area contributed by atoms with E-state index < -0.39 is 29.5 Å². The average molecular weight is 233 g/mol. The van der Waals surface area contributed by atoms with Crippen molar-refractivity contribution in [1.29, 1.82) is 0 Å². The minimum absolute atomic E-state index is 0.0885. The van der Waals surface area contributed by atoms with Gasteiger partial charge in [-0.15, -0.1) is 0 Å². The van der Waals surface area contributed by atoms with Gasteiger partial charge in [0.05, 0.1) is 6.10 Å². The SMILES string of the molecule is Nc1c(F)cc(C(O)C(O)CCO)cc1F. The van der Waals surface area contributed by atoms with Crippen LogP contribution in [0.1, 0.15) is 18.1 Å². The molecule has 90 valence electrons. The second-order valence-electron chi connectivity index (χ2n) is 3.42. The number of hydrogen-bond acceptors (Lipinski definition) is 4. The minimum atomic E-state index is -1.46. The largest absolute Gasteiger partial charge is 0.396 e. The van der Waals surface area contributed by atoms with Gasteiger partial charge in [0.2, 0.25) is 0 Å². The van der Waals surface area contributed by atoms with Gasteiger partial charge < -0.3 is 21.1 Å². The van der Waals surface area contributed by atoms with Gasteiger partial charge in [-0.1, -0.05) is 0 Å². The lowest BCUT2D eigenvalue weighted by molar-refractivity contribution is 0.00395. The first-order chi connectivity index (χ1) is 7.47. The zero-order valence-electron chi connectivity index (χ0n) is 8.40. The zero-order valence-corrected chi connectivity index (χ0v) is 8.40. The molecule has 2 atom stereocenters. The number of rotatable bonds is 4. The molecule has 0 saturated carbocycles. The van der Waals surface area contributed by atoms with Gasteiger partial charge >= 0.3 is 0 Å². The molecule has 1 aromatic carbocycles. The number of benzene rings is 1. The Kier molecular flexibility index (Phi) is 4.17. The molecule has 0 aliphatic rings. The number of halogens is 2. The Morgan fingerprint density at radius 3 is 2.12 bits per heavy atom. The summed E-state index contributed by atoms with van der Waals surface area (Å²) < 4.78 is 26.1. The van der Waals surface area contributed by atoms with E-state index in [1.165, 1.54) is 0 Å². The van der Waals surface area contributed by atoms with Crippen LogP contribution in [0.3, 0.4) is 0 Å². The van der Waals surface area contributed by atoms with E-state index in [2.05, 4.69) is 0 Å². The van der Waals surface area contributed by atoms with Crippen LogP contribution in [-0.4, -0.2) is 28.0 Å². The standard InChI is InChI=1S/C10H13F2NO3/c11-6-3-5(4-7(12)9(6)13)10(16)8(15)1-2-14/h3-4,8,10,14-16H,1-2,13H2. The van der Waals surface area contributed by atoms with Crippen LogP contribution in [0, 0.1) is 11.6 Å². The van der Waals surface area contributed by atoms with Crippen LogP contribution in [0.25, 0.3) is 0 Å². The lowest BCUT2D eigenvalue weighted by Crippen LogP contribution is -2.20. The molecule has 0 saturated heterocycles. The maximum absolute atomic E-state index is 13.0. The topological polar surface area (TPSA) is 86.7 Å². The molecular weight excluding hydrogens is 220 g/mol. The second kappa shape index (κ2) is 5.20. The molecule has 0 spiro atoms. The Bertz CT molecular complexity index is 350. The van der Waals surface area contributed by atoms with E-state index >= 15 is 0 Å². The Morgan fingerprint density at radius 1 is 1.19 bits per heavy atom.